The number of benzene rings is 1. The fourth-order valence-electron chi connectivity index (χ4n) is 1.84. The van der Waals surface area contributed by atoms with Gasteiger partial charge in [-0.15, -0.1) is 23.1 Å². The van der Waals surface area contributed by atoms with Crippen molar-refractivity contribution in [1.82, 2.24) is 0 Å². The first-order chi connectivity index (χ1) is 10.0. The molecule has 0 aliphatic rings. The van der Waals surface area contributed by atoms with Crippen molar-refractivity contribution in [2.24, 2.45) is 0 Å². The van der Waals surface area contributed by atoms with Crippen molar-refractivity contribution in [1.29, 1.82) is 5.26 Å². The number of hydrogen-bond donors (Lipinski definition) is 0. The van der Waals surface area contributed by atoms with E-state index in [0.29, 0.717) is 31.6 Å². The molecule has 21 heavy (non-hydrogen) atoms. The number of hydrogen-bond acceptors (Lipinski definition) is 5. The topological polar surface area (TPSA) is 50.1 Å². The predicted octanol–water partition coefficient (Wildman–Crippen LogP) is 5.10. The van der Waals surface area contributed by atoms with E-state index in [0.717, 1.165) is 4.21 Å². The standard InChI is InChI=1S/C14H9Cl2NO2S2/c1-19-13(18)12-11(9(6-17)14(20-2)21-12)8-4-3-7(15)5-10(8)16/h3-5H,1-2H3. The van der Waals surface area contributed by atoms with Crippen LogP contribution >= 0.6 is 46.3 Å². The van der Waals surface area contributed by atoms with Crippen molar-refractivity contribution >= 4 is 52.3 Å². The summed E-state index contributed by atoms with van der Waals surface area (Å²) in [6, 6.07) is 7.09. The summed E-state index contributed by atoms with van der Waals surface area (Å²) in [5.41, 5.74) is 1.52. The largest absolute Gasteiger partial charge is 0.465 e. The van der Waals surface area contributed by atoms with Crippen LogP contribution in [0.25, 0.3) is 11.1 Å². The van der Waals surface area contributed by atoms with Crippen LogP contribution in [0.3, 0.4) is 0 Å². The normalized spacial score (nSPS) is 10.2. The average Bonchev–Trinajstić information content (AvgIpc) is 2.84. The van der Waals surface area contributed by atoms with Crippen LogP contribution in [0, 0.1) is 11.3 Å². The Morgan fingerprint density at radius 3 is 2.67 bits per heavy atom. The van der Waals surface area contributed by atoms with Gasteiger partial charge in [0.1, 0.15) is 10.9 Å². The molecule has 0 bridgehead atoms. The quantitative estimate of drug-likeness (QED) is 0.566. The van der Waals surface area contributed by atoms with Gasteiger partial charge in [-0.25, -0.2) is 4.79 Å². The summed E-state index contributed by atoms with van der Waals surface area (Å²) in [5, 5.41) is 10.3. The minimum atomic E-state index is -0.488. The number of thioether (sulfide) groups is 1. The van der Waals surface area contributed by atoms with Gasteiger partial charge >= 0.3 is 5.97 Å². The molecule has 108 valence electrons. The van der Waals surface area contributed by atoms with Gasteiger partial charge in [0.05, 0.1) is 16.9 Å². The van der Waals surface area contributed by atoms with E-state index < -0.39 is 5.97 Å². The molecular formula is C14H9Cl2NO2S2. The number of methoxy groups -OCH3 is 1. The van der Waals surface area contributed by atoms with Crippen molar-refractivity contribution in [3.63, 3.8) is 0 Å². The highest BCUT2D eigenvalue weighted by Gasteiger charge is 2.25. The molecule has 1 aromatic heterocycles. The van der Waals surface area contributed by atoms with Crippen LogP contribution in [0.15, 0.2) is 22.4 Å². The molecule has 0 saturated heterocycles. The zero-order chi connectivity index (χ0) is 15.6. The Morgan fingerprint density at radius 1 is 1.43 bits per heavy atom. The number of nitrogens with zero attached hydrogens (tertiary/aromatic N) is 1. The van der Waals surface area contributed by atoms with Crippen LogP contribution in [0.1, 0.15) is 15.2 Å². The predicted molar refractivity (Wildman–Crippen MR) is 87.6 cm³/mol. The third kappa shape index (κ3) is 3.04. The molecular weight excluding hydrogens is 349 g/mol. The lowest BCUT2D eigenvalue weighted by atomic mass is 10.0. The zero-order valence-corrected chi connectivity index (χ0v) is 14.2. The average molecular weight is 358 g/mol. The Labute approximate surface area is 140 Å². The number of halogens is 2. The van der Waals surface area contributed by atoms with Gasteiger partial charge < -0.3 is 4.74 Å². The third-order valence-corrected chi connectivity index (χ3v) is 5.58. The first-order valence-electron chi connectivity index (χ1n) is 5.68. The number of esters is 1. The molecule has 3 nitrogen and oxygen atoms in total. The fraction of sp³-hybridized carbons (Fsp3) is 0.143. The van der Waals surface area contributed by atoms with Crippen LogP contribution in [0.4, 0.5) is 0 Å². The van der Waals surface area contributed by atoms with E-state index in [1.165, 1.54) is 30.2 Å². The van der Waals surface area contributed by atoms with E-state index >= 15 is 0 Å². The maximum Gasteiger partial charge on any atom is 0.348 e. The third-order valence-electron chi connectivity index (χ3n) is 2.74. The van der Waals surface area contributed by atoms with Crippen molar-refractivity contribution in [2.75, 3.05) is 13.4 Å². The van der Waals surface area contributed by atoms with Crippen molar-refractivity contribution in [3.05, 3.63) is 38.7 Å². The van der Waals surface area contributed by atoms with E-state index in [-0.39, 0.29) is 0 Å². The second kappa shape index (κ2) is 6.71. The highest BCUT2D eigenvalue weighted by atomic mass is 35.5. The minimum absolute atomic E-state index is 0.364. The van der Waals surface area contributed by atoms with Crippen molar-refractivity contribution in [2.45, 2.75) is 4.21 Å². The number of carbonyl (C=O) groups excluding carboxylic acids is 1. The first-order valence-corrected chi connectivity index (χ1v) is 8.47. The second-order valence-corrected chi connectivity index (χ2v) is 6.84. The van der Waals surface area contributed by atoms with Gasteiger partial charge in [0.2, 0.25) is 0 Å². The molecule has 1 heterocycles. The molecule has 0 aliphatic carbocycles. The lowest BCUT2D eigenvalue weighted by Gasteiger charge is -2.06. The fourth-order valence-corrected chi connectivity index (χ4v) is 4.20. The molecule has 0 fully saturated rings. The molecule has 0 saturated carbocycles. The monoisotopic (exact) mass is 357 g/mol. The Morgan fingerprint density at radius 2 is 2.14 bits per heavy atom. The summed E-state index contributed by atoms with van der Waals surface area (Å²) in [5.74, 6) is -0.488. The summed E-state index contributed by atoms with van der Waals surface area (Å²) in [7, 11) is 1.31. The molecule has 1 aromatic carbocycles. The van der Waals surface area contributed by atoms with Gasteiger partial charge in [0.25, 0.3) is 0 Å². The highest BCUT2D eigenvalue weighted by molar-refractivity contribution is 8.00. The Bertz CT molecular complexity index is 750. The van der Waals surface area contributed by atoms with Crippen LogP contribution < -0.4 is 0 Å². The maximum absolute atomic E-state index is 12.0. The molecule has 7 heteroatoms. The van der Waals surface area contributed by atoms with Crippen LogP contribution in [0.5, 0.6) is 0 Å². The van der Waals surface area contributed by atoms with E-state index in [9.17, 15) is 10.1 Å². The maximum atomic E-state index is 12.0. The van der Waals surface area contributed by atoms with Gasteiger partial charge in [0.15, 0.2) is 0 Å². The molecule has 2 aromatic rings. The number of rotatable bonds is 3. The molecule has 0 aliphatic heterocycles. The van der Waals surface area contributed by atoms with Crippen LogP contribution in [-0.2, 0) is 4.74 Å². The summed E-state index contributed by atoms with van der Waals surface area (Å²) < 4.78 is 5.55. The number of ether oxygens (including phenoxy) is 1. The molecule has 2 rings (SSSR count). The molecule has 0 unspecified atom stereocenters. The van der Waals surface area contributed by atoms with Gasteiger partial charge in [-0.05, 0) is 18.4 Å². The Balaban J connectivity index is 2.79. The summed E-state index contributed by atoms with van der Waals surface area (Å²) in [4.78, 5) is 12.3. The lowest BCUT2D eigenvalue weighted by molar-refractivity contribution is 0.0607. The summed E-state index contributed by atoms with van der Waals surface area (Å²) in [6.07, 6.45) is 1.85. The number of carbonyl (C=O) groups is 1. The van der Waals surface area contributed by atoms with Crippen molar-refractivity contribution in [3.8, 4) is 17.2 Å². The van der Waals surface area contributed by atoms with E-state index in [1.807, 2.05) is 6.26 Å². The van der Waals surface area contributed by atoms with Crippen molar-refractivity contribution < 1.29 is 9.53 Å². The van der Waals surface area contributed by atoms with Crippen LogP contribution in [0.2, 0.25) is 10.0 Å². The van der Waals surface area contributed by atoms with Gasteiger partial charge in [-0.2, -0.15) is 5.26 Å². The first kappa shape index (κ1) is 16.2. The zero-order valence-electron chi connectivity index (χ0n) is 11.1. The van der Waals surface area contributed by atoms with E-state index in [2.05, 4.69) is 6.07 Å². The second-order valence-electron chi connectivity index (χ2n) is 3.90. The highest BCUT2D eigenvalue weighted by Crippen LogP contribution is 2.43. The molecule has 0 N–H and O–H groups in total. The van der Waals surface area contributed by atoms with Gasteiger partial charge in [0, 0.05) is 21.2 Å². The molecule has 0 atom stereocenters. The molecule has 0 spiro atoms. The summed E-state index contributed by atoms with van der Waals surface area (Å²) in [6.45, 7) is 0. The molecule has 0 radical (unpaired) electrons. The number of nitriles is 1. The van der Waals surface area contributed by atoms with Gasteiger partial charge in [-0.3, -0.25) is 0 Å². The van der Waals surface area contributed by atoms with Crippen LogP contribution in [-0.4, -0.2) is 19.3 Å². The SMILES string of the molecule is COC(=O)c1sc(SC)c(C#N)c1-c1ccc(Cl)cc1Cl. The molecule has 0 amide bonds. The van der Waals surface area contributed by atoms with Gasteiger partial charge in [-0.1, -0.05) is 29.3 Å². The number of thiophene rings is 1. The minimum Gasteiger partial charge on any atom is -0.465 e. The van der Waals surface area contributed by atoms with E-state index in [1.54, 1.807) is 18.2 Å². The smallest absolute Gasteiger partial charge is 0.348 e. The Kier molecular flexibility index (Phi) is 5.17. The van der Waals surface area contributed by atoms with E-state index in [4.69, 9.17) is 27.9 Å². The summed E-state index contributed by atoms with van der Waals surface area (Å²) >= 11 is 14.7. The lowest BCUT2D eigenvalue weighted by Crippen LogP contribution is -2.00. The Hall–Kier alpha value is -1.19.